The van der Waals surface area contributed by atoms with Gasteiger partial charge in [-0.3, -0.25) is 4.98 Å². The van der Waals surface area contributed by atoms with Gasteiger partial charge in [-0.15, -0.1) is 0 Å². The van der Waals surface area contributed by atoms with E-state index in [4.69, 9.17) is 4.98 Å². The van der Waals surface area contributed by atoms with E-state index >= 15 is 0 Å². The molecule has 0 unspecified atom stereocenters. The van der Waals surface area contributed by atoms with E-state index in [-0.39, 0.29) is 0 Å². The summed E-state index contributed by atoms with van der Waals surface area (Å²) < 4.78 is 1.86. The Bertz CT molecular complexity index is 754. The minimum Gasteiger partial charge on any atom is -0.366 e. The molecule has 1 aliphatic carbocycles. The standard InChI is InChI=1S/C21H32N6/c1-15-8-10-26(11-9-15)19-6-4-18(5-7-19)23-20-13-22-14-21(24-20)27-17(3)12-16(2)25-27/h12-15,18-19H,4-11H2,1-3H3,(H,23,24). The van der Waals surface area contributed by atoms with Gasteiger partial charge in [0.15, 0.2) is 5.82 Å². The summed E-state index contributed by atoms with van der Waals surface area (Å²) in [4.78, 5) is 11.9. The van der Waals surface area contributed by atoms with Crippen LogP contribution in [0.15, 0.2) is 18.5 Å². The summed E-state index contributed by atoms with van der Waals surface area (Å²) >= 11 is 0. The average molecular weight is 369 g/mol. The predicted molar refractivity (Wildman–Crippen MR) is 108 cm³/mol. The fraction of sp³-hybridized carbons (Fsp3) is 0.667. The van der Waals surface area contributed by atoms with Crippen molar-refractivity contribution in [1.29, 1.82) is 0 Å². The number of nitrogens with one attached hydrogen (secondary N) is 1. The second kappa shape index (κ2) is 7.97. The van der Waals surface area contributed by atoms with E-state index in [2.05, 4.69) is 33.3 Å². The lowest BCUT2D eigenvalue weighted by Gasteiger charge is -2.40. The number of hydrogen-bond donors (Lipinski definition) is 1. The Morgan fingerprint density at radius 3 is 2.41 bits per heavy atom. The van der Waals surface area contributed by atoms with Gasteiger partial charge >= 0.3 is 0 Å². The summed E-state index contributed by atoms with van der Waals surface area (Å²) in [5.41, 5.74) is 2.08. The first-order valence-corrected chi connectivity index (χ1v) is 10.4. The highest BCUT2D eigenvalue weighted by Crippen LogP contribution is 2.28. The average Bonchev–Trinajstić information content (AvgIpc) is 3.02. The highest BCUT2D eigenvalue weighted by atomic mass is 15.3. The van der Waals surface area contributed by atoms with Gasteiger partial charge < -0.3 is 10.2 Å². The van der Waals surface area contributed by atoms with Crippen LogP contribution in [0, 0.1) is 19.8 Å². The third-order valence-electron chi connectivity index (χ3n) is 6.23. The van der Waals surface area contributed by atoms with Crippen LogP contribution < -0.4 is 5.32 Å². The topological polar surface area (TPSA) is 58.9 Å². The Morgan fingerprint density at radius 1 is 1.00 bits per heavy atom. The SMILES string of the molecule is Cc1cc(C)n(-c2cncc(NC3CCC(N4CCC(C)CC4)CC3)n2)n1. The lowest BCUT2D eigenvalue weighted by Crippen LogP contribution is -2.44. The van der Waals surface area contributed by atoms with Crippen molar-refractivity contribution in [2.45, 2.75) is 71.4 Å². The molecule has 6 heteroatoms. The fourth-order valence-corrected chi connectivity index (χ4v) is 4.58. The maximum absolute atomic E-state index is 4.74. The first-order chi connectivity index (χ1) is 13.1. The molecule has 3 heterocycles. The third-order valence-corrected chi connectivity index (χ3v) is 6.23. The molecule has 2 aromatic rings. The summed E-state index contributed by atoms with van der Waals surface area (Å²) in [6, 6.07) is 3.34. The number of anilines is 1. The van der Waals surface area contributed by atoms with E-state index in [1.165, 1.54) is 51.6 Å². The molecular weight excluding hydrogens is 336 g/mol. The maximum Gasteiger partial charge on any atom is 0.174 e. The highest BCUT2D eigenvalue weighted by Gasteiger charge is 2.28. The fourth-order valence-electron chi connectivity index (χ4n) is 4.58. The van der Waals surface area contributed by atoms with Crippen molar-refractivity contribution in [2.75, 3.05) is 18.4 Å². The van der Waals surface area contributed by atoms with Gasteiger partial charge in [0.25, 0.3) is 0 Å². The lowest BCUT2D eigenvalue weighted by molar-refractivity contribution is 0.108. The smallest absolute Gasteiger partial charge is 0.174 e. The number of likely N-dealkylation sites (tertiary alicyclic amines) is 1. The first kappa shape index (κ1) is 18.4. The summed E-state index contributed by atoms with van der Waals surface area (Å²) in [5.74, 6) is 2.55. The Morgan fingerprint density at radius 2 is 1.74 bits per heavy atom. The van der Waals surface area contributed by atoms with E-state index in [9.17, 15) is 0 Å². The number of aromatic nitrogens is 4. The van der Waals surface area contributed by atoms with Crippen molar-refractivity contribution < 1.29 is 0 Å². The summed E-state index contributed by atoms with van der Waals surface area (Å²) in [7, 11) is 0. The van der Waals surface area contributed by atoms with Gasteiger partial charge in [-0.1, -0.05) is 6.92 Å². The van der Waals surface area contributed by atoms with Gasteiger partial charge in [0.2, 0.25) is 0 Å². The Labute approximate surface area is 162 Å². The molecule has 2 aliphatic rings. The van der Waals surface area contributed by atoms with Crippen LogP contribution in [0.5, 0.6) is 0 Å². The van der Waals surface area contributed by atoms with Gasteiger partial charge in [-0.2, -0.15) is 5.10 Å². The Balaban J connectivity index is 1.34. The molecule has 4 rings (SSSR count). The van der Waals surface area contributed by atoms with Crippen LogP contribution >= 0.6 is 0 Å². The quantitative estimate of drug-likeness (QED) is 0.891. The summed E-state index contributed by atoms with van der Waals surface area (Å²) in [6.45, 7) is 9.02. The molecule has 0 bridgehead atoms. The normalized spacial score (nSPS) is 24.9. The number of hydrogen-bond acceptors (Lipinski definition) is 5. The molecule has 2 aromatic heterocycles. The highest BCUT2D eigenvalue weighted by molar-refractivity contribution is 5.37. The van der Waals surface area contributed by atoms with E-state index in [0.717, 1.165) is 35.0 Å². The van der Waals surface area contributed by atoms with E-state index in [1.54, 1.807) is 6.20 Å². The predicted octanol–water partition coefficient (Wildman–Crippen LogP) is 3.73. The van der Waals surface area contributed by atoms with Gasteiger partial charge in [-0.05, 0) is 77.4 Å². The number of nitrogens with zero attached hydrogens (tertiary/aromatic N) is 5. The zero-order valence-corrected chi connectivity index (χ0v) is 16.9. The Hall–Kier alpha value is -1.95. The summed E-state index contributed by atoms with van der Waals surface area (Å²) in [5, 5.41) is 8.13. The molecule has 1 saturated carbocycles. The van der Waals surface area contributed by atoms with Crippen LogP contribution in [0.3, 0.4) is 0 Å². The summed E-state index contributed by atoms with van der Waals surface area (Å²) in [6.07, 6.45) is 11.3. The molecule has 1 aliphatic heterocycles. The molecule has 6 nitrogen and oxygen atoms in total. The largest absolute Gasteiger partial charge is 0.366 e. The van der Waals surface area contributed by atoms with E-state index < -0.39 is 0 Å². The van der Waals surface area contributed by atoms with Crippen molar-refractivity contribution >= 4 is 5.82 Å². The van der Waals surface area contributed by atoms with Crippen molar-refractivity contribution in [3.63, 3.8) is 0 Å². The van der Waals surface area contributed by atoms with Crippen molar-refractivity contribution in [3.8, 4) is 5.82 Å². The zero-order valence-electron chi connectivity index (χ0n) is 16.9. The third kappa shape index (κ3) is 4.32. The van der Waals surface area contributed by atoms with Crippen LogP contribution in [0.2, 0.25) is 0 Å². The van der Waals surface area contributed by atoms with Crippen LogP contribution in [-0.2, 0) is 0 Å². The maximum atomic E-state index is 4.74. The molecule has 0 amide bonds. The second-order valence-corrected chi connectivity index (χ2v) is 8.47. The molecule has 0 spiro atoms. The van der Waals surface area contributed by atoms with Gasteiger partial charge in [0.05, 0.1) is 18.1 Å². The van der Waals surface area contributed by atoms with Crippen molar-refractivity contribution in [2.24, 2.45) is 5.92 Å². The molecule has 1 saturated heterocycles. The van der Waals surface area contributed by atoms with Crippen LogP contribution in [-0.4, -0.2) is 49.8 Å². The second-order valence-electron chi connectivity index (χ2n) is 8.47. The first-order valence-electron chi connectivity index (χ1n) is 10.4. The minimum atomic E-state index is 0.495. The molecule has 0 aromatic carbocycles. The molecule has 0 radical (unpaired) electrons. The van der Waals surface area contributed by atoms with Crippen LogP contribution in [0.25, 0.3) is 5.82 Å². The number of aryl methyl sites for hydroxylation is 2. The molecule has 27 heavy (non-hydrogen) atoms. The number of piperidine rings is 1. The van der Waals surface area contributed by atoms with Crippen molar-refractivity contribution in [1.82, 2.24) is 24.6 Å². The van der Waals surface area contributed by atoms with Crippen LogP contribution in [0.4, 0.5) is 5.82 Å². The minimum absolute atomic E-state index is 0.495. The van der Waals surface area contributed by atoms with Crippen molar-refractivity contribution in [3.05, 3.63) is 29.8 Å². The van der Waals surface area contributed by atoms with Gasteiger partial charge in [-0.25, -0.2) is 9.67 Å². The zero-order chi connectivity index (χ0) is 18.8. The number of rotatable bonds is 4. The Kier molecular flexibility index (Phi) is 5.43. The molecule has 1 N–H and O–H groups in total. The lowest BCUT2D eigenvalue weighted by atomic mass is 9.88. The monoisotopic (exact) mass is 368 g/mol. The molecule has 2 fully saturated rings. The molecule has 0 atom stereocenters. The van der Waals surface area contributed by atoms with E-state index in [0.29, 0.717) is 6.04 Å². The van der Waals surface area contributed by atoms with Gasteiger partial charge in [0, 0.05) is 17.8 Å². The van der Waals surface area contributed by atoms with Gasteiger partial charge in [0.1, 0.15) is 5.82 Å². The van der Waals surface area contributed by atoms with Crippen LogP contribution in [0.1, 0.15) is 56.8 Å². The molecular formula is C21H32N6. The molecule has 146 valence electrons. The van der Waals surface area contributed by atoms with E-state index in [1.807, 2.05) is 24.7 Å².